The van der Waals surface area contributed by atoms with Gasteiger partial charge < -0.3 is 0 Å². The molecule has 0 aromatic carbocycles. The molecule has 0 heteroatoms. The van der Waals surface area contributed by atoms with Gasteiger partial charge in [0.2, 0.25) is 0 Å². The average molecular weight is 174 g/mol. The van der Waals surface area contributed by atoms with Gasteiger partial charge in [-0.2, -0.15) is 0 Å². The lowest BCUT2D eigenvalue weighted by atomic mass is 9.82. The van der Waals surface area contributed by atoms with E-state index in [9.17, 15) is 0 Å². The molecule has 0 radical (unpaired) electrons. The molecule has 0 aromatic rings. The van der Waals surface area contributed by atoms with Crippen molar-refractivity contribution in [3.63, 3.8) is 0 Å². The summed E-state index contributed by atoms with van der Waals surface area (Å²) in [4.78, 5) is 0. The molecule has 0 saturated carbocycles. The number of rotatable bonds is 2. The standard InChI is InChI=1S/C13H18/c1-5-6-11(3)13-8-7-10(2)9-12(13)4/h5-9,12-13H,3H2,1-2,4H3/b6-5-. The van der Waals surface area contributed by atoms with Gasteiger partial charge in [0.1, 0.15) is 0 Å². The summed E-state index contributed by atoms with van der Waals surface area (Å²) in [7, 11) is 0. The van der Waals surface area contributed by atoms with Crippen molar-refractivity contribution in [1.82, 2.24) is 0 Å². The van der Waals surface area contributed by atoms with Crippen LogP contribution in [0.5, 0.6) is 0 Å². The maximum absolute atomic E-state index is 4.08. The molecule has 0 amide bonds. The summed E-state index contributed by atoms with van der Waals surface area (Å²) >= 11 is 0. The maximum Gasteiger partial charge on any atom is 0.00756 e. The van der Waals surface area contributed by atoms with E-state index in [4.69, 9.17) is 0 Å². The smallest absolute Gasteiger partial charge is 0.00756 e. The molecule has 0 bridgehead atoms. The van der Waals surface area contributed by atoms with E-state index in [2.05, 4.69) is 44.7 Å². The third-order valence-electron chi connectivity index (χ3n) is 2.47. The first-order valence-electron chi connectivity index (χ1n) is 4.83. The largest absolute Gasteiger partial charge is 0.0952 e. The van der Waals surface area contributed by atoms with E-state index < -0.39 is 0 Å². The molecule has 1 rings (SSSR count). The average Bonchev–Trinajstić information content (AvgIpc) is 2.04. The molecule has 13 heavy (non-hydrogen) atoms. The highest BCUT2D eigenvalue weighted by atomic mass is 14.2. The van der Waals surface area contributed by atoms with E-state index in [1.165, 1.54) is 11.1 Å². The van der Waals surface area contributed by atoms with Gasteiger partial charge in [-0.15, -0.1) is 0 Å². The summed E-state index contributed by atoms with van der Waals surface area (Å²) in [5, 5.41) is 0. The molecule has 0 nitrogen and oxygen atoms in total. The molecule has 0 fully saturated rings. The summed E-state index contributed by atoms with van der Waals surface area (Å²) < 4.78 is 0. The topological polar surface area (TPSA) is 0 Å². The van der Waals surface area contributed by atoms with Crippen molar-refractivity contribution in [3.05, 3.63) is 48.1 Å². The second-order valence-corrected chi connectivity index (χ2v) is 3.73. The Bertz CT molecular complexity index is 276. The minimum atomic E-state index is 0.486. The van der Waals surface area contributed by atoms with Crippen LogP contribution in [0.25, 0.3) is 0 Å². The molecule has 0 heterocycles. The molecule has 0 aliphatic heterocycles. The number of allylic oxidation sites excluding steroid dienone is 7. The molecule has 0 saturated heterocycles. The van der Waals surface area contributed by atoms with Gasteiger partial charge in [0.25, 0.3) is 0 Å². The third-order valence-corrected chi connectivity index (χ3v) is 2.47. The summed E-state index contributed by atoms with van der Waals surface area (Å²) in [5.41, 5.74) is 2.56. The van der Waals surface area contributed by atoms with Gasteiger partial charge in [-0.05, 0) is 25.3 Å². The predicted molar refractivity (Wildman–Crippen MR) is 59.5 cm³/mol. The Morgan fingerprint density at radius 3 is 2.77 bits per heavy atom. The second-order valence-electron chi connectivity index (χ2n) is 3.73. The van der Waals surface area contributed by atoms with Crippen LogP contribution in [0.15, 0.2) is 48.1 Å². The highest BCUT2D eigenvalue weighted by Gasteiger charge is 2.16. The summed E-state index contributed by atoms with van der Waals surface area (Å²) in [5.74, 6) is 1.06. The van der Waals surface area contributed by atoms with Crippen molar-refractivity contribution in [2.45, 2.75) is 20.8 Å². The Morgan fingerprint density at radius 1 is 1.54 bits per heavy atom. The van der Waals surface area contributed by atoms with Crippen molar-refractivity contribution in [2.24, 2.45) is 11.8 Å². The van der Waals surface area contributed by atoms with E-state index in [-0.39, 0.29) is 0 Å². The van der Waals surface area contributed by atoms with Crippen LogP contribution in [0, 0.1) is 11.8 Å². The monoisotopic (exact) mass is 174 g/mol. The van der Waals surface area contributed by atoms with E-state index in [0.717, 1.165) is 0 Å². The Labute approximate surface area is 81.4 Å². The van der Waals surface area contributed by atoms with Crippen LogP contribution in [0.3, 0.4) is 0 Å². The lowest BCUT2D eigenvalue weighted by Crippen LogP contribution is -2.11. The Hall–Kier alpha value is -1.04. The van der Waals surface area contributed by atoms with Gasteiger partial charge in [0.05, 0.1) is 0 Å². The molecule has 0 spiro atoms. The summed E-state index contributed by atoms with van der Waals surface area (Å²) in [6.07, 6.45) is 10.9. The quantitative estimate of drug-likeness (QED) is 0.557. The Balaban J connectivity index is 2.75. The van der Waals surface area contributed by atoms with Gasteiger partial charge >= 0.3 is 0 Å². The highest BCUT2D eigenvalue weighted by Crippen LogP contribution is 2.28. The SMILES string of the molecule is C=C(/C=C\C)C1C=CC(C)=CC1C. The maximum atomic E-state index is 4.08. The highest BCUT2D eigenvalue weighted by molar-refractivity contribution is 5.32. The predicted octanol–water partition coefficient (Wildman–Crippen LogP) is 3.89. The molecule has 70 valence electrons. The van der Waals surface area contributed by atoms with Crippen molar-refractivity contribution in [3.8, 4) is 0 Å². The molecule has 2 unspecified atom stereocenters. The van der Waals surface area contributed by atoms with Gasteiger partial charge in [0, 0.05) is 5.92 Å². The van der Waals surface area contributed by atoms with Crippen LogP contribution < -0.4 is 0 Å². The van der Waals surface area contributed by atoms with E-state index in [0.29, 0.717) is 11.8 Å². The van der Waals surface area contributed by atoms with Crippen molar-refractivity contribution >= 4 is 0 Å². The normalized spacial score (nSPS) is 27.8. The lowest BCUT2D eigenvalue weighted by Gasteiger charge is -2.22. The van der Waals surface area contributed by atoms with E-state index >= 15 is 0 Å². The third kappa shape index (κ3) is 2.45. The molecule has 0 N–H and O–H groups in total. The van der Waals surface area contributed by atoms with Gasteiger partial charge in [-0.1, -0.05) is 49.5 Å². The Kier molecular flexibility index (Phi) is 3.30. The zero-order chi connectivity index (χ0) is 9.84. The van der Waals surface area contributed by atoms with Crippen LogP contribution in [0.4, 0.5) is 0 Å². The minimum absolute atomic E-state index is 0.486. The van der Waals surface area contributed by atoms with Crippen LogP contribution >= 0.6 is 0 Å². The molecule has 0 aromatic heterocycles. The first kappa shape index (κ1) is 10.0. The van der Waals surface area contributed by atoms with Crippen LogP contribution in [-0.4, -0.2) is 0 Å². The van der Waals surface area contributed by atoms with Gasteiger partial charge in [-0.25, -0.2) is 0 Å². The van der Waals surface area contributed by atoms with Gasteiger partial charge in [0.15, 0.2) is 0 Å². The van der Waals surface area contributed by atoms with Crippen molar-refractivity contribution in [1.29, 1.82) is 0 Å². The summed E-state index contributed by atoms with van der Waals surface area (Å²) in [6, 6.07) is 0. The fourth-order valence-corrected chi connectivity index (χ4v) is 1.79. The fraction of sp³-hybridized carbons (Fsp3) is 0.385. The van der Waals surface area contributed by atoms with E-state index in [1.807, 2.05) is 13.0 Å². The first-order chi connectivity index (χ1) is 6.15. The molecule has 1 aliphatic carbocycles. The zero-order valence-corrected chi connectivity index (χ0v) is 8.75. The van der Waals surface area contributed by atoms with Crippen molar-refractivity contribution in [2.75, 3.05) is 0 Å². The fourth-order valence-electron chi connectivity index (χ4n) is 1.79. The minimum Gasteiger partial charge on any atom is -0.0952 e. The molecular weight excluding hydrogens is 156 g/mol. The molecular formula is C13H18. The molecule has 2 atom stereocenters. The first-order valence-corrected chi connectivity index (χ1v) is 4.83. The number of hydrogen-bond donors (Lipinski definition) is 0. The van der Waals surface area contributed by atoms with Gasteiger partial charge in [-0.3, -0.25) is 0 Å². The van der Waals surface area contributed by atoms with Crippen LogP contribution in [0.2, 0.25) is 0 Å². The van der Waals surface area contributed by atoms with Crippen LogP contribution in [-0.2, 0) is 0 Å². The molecule has 1 aliphatic rings. The lowest BCUT2D eigenvalue weighted by molar-refractivity contribution is 0.583. The van der Waals surface area contributed by atoms with Crippen LogP contribution in [0.1, 0.15) is 20.8 Å². The number of hydrogen-bond acceptors (Lipinski definition) is 0. The summed E-state index contributed by atoms with van der Waals surface area (Å²) in [6.45, 7) is 10.5. The second kappa shape index (κ2) is 4.27. The van der Waals surface area contributed by atoms with Crippen molar-refractivity contribution < 1.29 is 0 Å². The zero-order valence-electron chi connectivity index (χ0n) is 8.75. The Morgan fingerprint density at radius 2 is 2.23 bits per heavy atom. The van der Waals surface area contributed by atoms with E-state index in [1.54, 1.807) is 0 Å².